The largest absolute Gasteiger partial charge is 0.458 e. The van der Waals surface area contributed by atoms with Gasteiger partial charge in [0.1, 0.15) is 40.4 Å². The van der Waals surface area contributed by atoms with Crippen LogP contribution in [0.3, 0.4) is 0 Å². The van der Waals surface area contributed by atoms with Crippen LogP contribution in [0.1, 0.15) is 49.3 Å². The van der Waals surface area contributed by atoms with Gasteiger partial charge in [0.2, 0.25) is 0 Å². The summed E-state index contributed by atoms with van der Waals surface area (Å²) in [5.74, 6) is 0.784. The number of alkyl halides is 5. The van der Waals surface area contributed by atoms with Crippen LogP contribution in [0.25, 0.3) is 21.9 Å². The second-order valence-electron chi connectivity index (χ2n) is 11.0. The summed E-state index contributed by atoms with van der Waals surface area (Å²) in [7, 11) is 0. The highest BCUT2D eigenvalue weighted by molar-refractivity contribution is 5.86. The van der Waals surface area contributed by atoms with Crippen molar-refractivity contribution in [2.24, 2.45) is 11.8 Å². The minimum absolute atomic E-state index is 0.190. The summed E-state index contributed by atoms with van der Waals surface area (Å²) >= 11 is 0. The first kappa shape index (κ1) is 32.7. The molecule has 0 spiro atoms. The molecule has 46 heavy (non-hydrogen) atoms. The first-order chi connectivity index (χ1) is 21.6. The van der Waals surface area contributed by atoms with Crippen molar-refractivity contribution >= 4 is 10.8 Å². The van der Waals surface area contributed by atoms with Crippen LogP contribution < -0.4 is 4.74 Å². The molecule has 0 aliphatic heterocycles. The molecule has 1 saturated carbocycles. The van der Waals surface area contributed by atoms with Crippen molar-refractivity contribution in [2.45, 2.75) is 44.9 Å². The fraction of sp³-hybridized carbons (Fsp3) is 0.257. The molecule has 0 heterocycles. The Morgan fingerprint density at radius 1 is 0.717 bits per heavy atom. The number of fused-ring (bicyclic) bond motifs is 1. The maximum absolute atomic E-state index is 15.1. The first-order valence-electron chi connectivity index (χ1n) is 14.0. The van der Waals surface area contributed by atoms with E-state index in [2.05, 4.69) is 23.5 Å². The van der Waals surface area contributed by atoms with Crippen molar-refractivity contribution in [2.75, 3.05) is 0 Å². The van der Waals surface area contributed by atoms with E-state index in [4.69, 9.17) is 0 Å². The molecule has 4 aromatic carbocycles. The zero-order valence-corrected chi connectivity index (χ0v) is 23.9. The smallest absolute Gasteiger partial charge is 0.429 e. The Balaban J connectivity index is 1.38. The average molecular weight is 649 g/mol. The number of halogens is 10. The van der Waals surface area contributed by atoms with Gasteiger partial charge in [-0.3, -0.25) is 0 Å². The van der Waals surface area contributed by atoms with E-state index in [0.29, 0.717) is 35.7 Å². The van der Waals surface area contributed by atoms with E-state index >= 15 is 8.78 Å². The van der Waals surface area contributed by atoms with Crippen LogP contribution >= 0.6 is 0 Å². The fourth-order valence-corrected chi connectivity index (χ4v) is 5.24. The SMILES string of the molecule is CC1CCC(C#Cc2ccc(-c3cc(F)c(C(F)(F)Oc4ccc5c(F)c(C#CC(F)(F)F)c(F)cc5c4)c(F)c3)c(F)c2)CC1. The van der Waals surface area contributed by atoms with Gasteiger partial charge in [-0.15, -0.1) is 0 Å². The molecular weight excluding hydrogens is 626 g/mol. The molecule has 0 N–H and O–H groups in total. The van der Waals surface area contributed by atoms with Gasteiger partial charge in [-0.2, -0.15) is 22.0 Å². The highest BCUT2D eigenvalue weighted by atomic mass is 19.4. The molecule has 1 aliphatic rings. The molecule has 1 fully saturated rings. The number of hydrogen-bond acceptors (Lipinski definition) is 1. The lowest BCUT2D eigenvalue weighted by atomic mass is 9.83. The Labute approximate surface area is 257 Å². The van der Waals surface area contributed by atoms with E-state index < -0.39 is 69.0 Å². The summed E-state index contributed by atoms with van der Waals surface area (Å²) in [6, 6.07) is 7.60. The summed E-state index contributed by atoms with van der Waals surface area (Å²) in [5, 5.41) is -0.887. The monoisotopic (exact) mass is 648 g/mol. The summed E-state index contributed by atoms with van der Waals surface area (Å²) < 4.78 is 146. The Morgan fingerprint density at radius 2 is 1.39 bits per heavy atom. The maximum Gasteiger partial charge on any atom is 0.458 e. The Bertz CT molecular complexity index is 1910. The van der Waals surface area contributed by atoms with E-state index in [9.17, 15) is 35.1 Å². The lowest BCUT2D eigenvalue weighted by Gasteiger charge is -2.21. The van der Waals surface area contributed by atoms with Crippen molar-refractivity contribution in [3.63, 3.8) is 0 Å². The van der Waals surface area contributed by atoms with Gasteiger partial charge in [0.15, 0.2) is 0 Å². The van der Waals surface area contributed by atoms with E-state index in [-0.39, 0.29) is 17.0 Å². The molecule has 0 radical (unpaired) electrons. The summed E-state index contributed by atoms with van der Waals surface area (Å²) in [6.45, 7) is 2.17. The molecule has 0 unspecified atom stereocenters. The van der Waals surface area contributed by atoms with Crippen LogP contribution in [0, 0.1) is 64.6 Å². The van der Waals surface area contributed by atoms with Gasteiger partial charge in [0.25, 0.3) is 0 Å². The van der Waals surface area contributed by atoms with E-state index in [1.54, 1.807) is 0 Å². The van der Waals surface area contributed by atoms with Gasteiger partial charge in [-0.05, 0) is 91.1 Å². The molecule has 5 rings (SSSR count). The summed E-state index contributed by atoms with van der Waals surface area (Å²) in [5.41, 5.74) is -3.28. The van der Waals surface area contributed by atoms with Crippen molar-refractivity contribution in [1.82, 2.24) is 0 Å². The van der Waals surface area contributed by atoms with Gasteiger partial charge in [0, 0.05) is 28.4 Å². The first-order valence-corrected chi connectivity index (χ1v) is 14.0. The van der Waals surface area contributed by atoms with Crippen molar-refractivity contribution in [3.05, 3.63) is 100 Å². The highest BCUT2D eigenvalue weighted by Crippen LogP contribution is 2.39. The summed E-state index contributed by atoms with van der Waals surface area (Å²) in [4.78, 5) is 0. The van der Waals surface area contributed by atoms with Crippen molar-refractivity contribution < 1.29 is 48.6 Å². The highest BCUT2D eigenvalue weighted by Gasteiger charge is 2.41. The third-order valence-corrected chi connectivity index (χ3v) is 7.63. The van der Waals surface area contributed by atoms with Gasteiger partial charge < -0.3 is 4.74 Å². The average Bonchev–Trinajstić information content (AvgIpc) is 2.95. The van der Waals surface area contributed by atoms with Gasteiger partial charge in [-0.25, -0.2) is 22.0 Å². The summed E-state index contributed by atoms with van der Waals surface area (Å²) in [6.07, 6.45) is -5.70. The van der Waals surface area contributed by atoms with Gasteiger partial charge in [0.05, 0.1) is 5.56 Å². The van der Waals surface area contributed by atoms with Gasteiger partial charge >= 0.3 is 12.3 Å². The quantitative estimate of drug-likeness (QED) is 0.158. The molecule has 0 amide bonds. The predicted octanol–water partition coefficient (Wildman–Crippen LogP) is 10.4. The van der Waals surface area contributed by atoms with Crippen LogP contribution in [-0.2, 0) is 6.11 Å². The molecule has 4 aromatic rings. The minimum Gasteiger partial charge on any atom is -0.429 e. The Kier molecular flexibility index (Phi) is 8.99. The van der Waals surface area contributed by atoms with Crippen molar-refractivity contribution in [3.8, 4) is 40.6 Å². The second kappa shape index (κ2) is 12.6. The molecule has 0 bridgehead atoms. The van der Waals surface area contributed by atoms with Crippen LogP contribution in [0.4, 0.5) is 43.9 Å². The van der Waals surface area contributed by atoms with Crippen LogP contribution in [0.5, 0.6) is 5.75 Å². The van der Waals surface area contributed by atoms with E-state index in [0.717, 1.165) is 49.8 Å². The molecule has 1 aliphatic carbocycles. The number of hydrogen-bond donors (Lipinski definition) is 0. The Hall–Kier alpha value is -4.64. The molecule has 0 atom stereocenters. The zero-order valence-electron chi connectivity index (χ0n) is 23.9. The van der Waals surface area contributed by atoms with E-state index in [1.807, 2.05) is 0 Å². The fourth-order valence-electron chi connectivity index (χ4n) is 5.24. The third kappa shape index (κ3) is 7.25. The topological polar surface area (TPSA) is 9.23 Å². The molecule has 11 heteroatoms. The standard InChI is InChI=1S/C35H22F10O/c1-19-2-4-20(5-3-19)6-7-21-8-10-25(28(36)14-21)23-17-30(38)32(31(39)18-23)35(44,45)46-24-9-11-26-22(15-24)16-29(37)27(33(26)40)12-13-34(41,42)43/h8-11,14-20H,2-5H2,1H3. The third-order valence-electron chi connectivity index (χ3n) is 7.63. The molecule has 0 saturated heterocycles. The Morgan fingerprint density at radius 3 is 2.02 bits per heavy atom. The minimum atomic E-state index is -5.03. The molecular formula is C35H22F10O. The van der Waals surface area contributed by atoms with Crippen LogP contribution in [0.2, 0.25) is 0 Å². The van der Waals surface area contributed by atoms with Gasteiger partial charge in [-0.1, -0.05) is 30.8 Å². The maximum atomic E-state index is 15.1. The number of benzene rings is 4. The van der Waals surface area contributed by atoms with Crippen molar-refractivity contribution in [1.29, 1.82) is 0 Å². The van der Waals surface area contributed by atoms with E-state index in [1.165, 1.54) is 18.1 Å². The lowest BCUT2D eigenvalue weighted by Crippen LogP contribution is -2.25. The zero-order chi connectivity index (χ0) is 33.4. The lowest BCUT2D eigenvalue weighted by molar-refractivity contribution is -0.189. The second-order valence-corrected chi connectivity index (χ2v) is 11.0. The number of rotatable bonds is 4. The van der Waals surface area contributed by atoms with Crippen LogP contribution in [0.15, 0.2) is 54.6 Å². The van der Waals surface area contributed by atoms with Crippen LogP contribution in [-0.4, -0.2) is 6.18 Å². The molecule has 0 aromatic heterocycles. The normalized spacial score (nSPS) is 16.8. The molecule has 238 valence electrons. The molecule has 1 nitrogen and oxygen atoms in total. The predicted molar refractivity (Wildman–Crippen MR) is 151 cm³/mol. The number of ether oxygens (including phenoxy) is 1.